The van der Waals surface area contributed by atoms with Crippen LogP contribution in [-0.4, -0.2) is 24.9 Å². The molecule has 0 atom stereocenters. The molecule has 0 heterocycles. The van der Waals surface area contributed by atoms with Crippen LogP contribution in [0.2, 0.25) is 0 Å². The maximum absolute atomic E-state index is 13.4. The number of carbonyl (C=O) groups excluding carboxylic acids is 2. The Hall–Kier alpha value is -2.18. The molecule has 19 heavy (non-hydrogen) atoms. The number of nitrogens with two attached hydrogens (primary N) is 1. The zero-order valence-corrected chi connectivity index (χ0v) is 10.4. The van der Waals surface area contributed by atoms with Crippen LogP contribution in [0.3, 0.4) is 0 Å². The predicted octanol–water partition coefficient (Wildman–Crippen LogP) is 0.803. The van der Waals surface area contributed by atoms with Crippen molar-refractivity contribution in [1.82, 2.24) is 10.6 Å². The summed E-state index contributed by atoms with van der Waals surface area (Å²) in [6.45, 7) is 2.32. The van der Waals surface area contributed by atoms with Gasteiger partial charge in [0.05, 0.1) is 11.3 Å². The Balaban J connectivity index is 2.59. The second-order valence-electron chi connectivity index (χ2n) is 3.81. The third-order valence-electron chi connectivity index (χ3n) is 2.34. The van der Waals surface area contributed by atoms with Crippen molar-refractivity contribution in [2.24, 2.45) is 0 Å². The summed E-state index contributed by atoms with van der Waals surface area (Å²) >= 11 is 0. The molecule has 0 saturated heterocycles. The molecule has 0 aliphatic heterocycles. The monoisotopic (exact) mass is 271 g/mol. The summed E-state index contributed by atoms with van der Waals surface area (Å²) in [5, 5.41) is 4.91. The van der Waals surface area contributed by atoms with Crippen molar-refractivity contribution in [1.29, 1.82) is 0 Å². The standard InChI is InChI=1S/C12H15F2N3O2/c1-2-16-11(18)3-4-17-12(19)7-5-10(15)9(14)6-8(7)13/h5-6H,2-4,15H2,1H3,(H,16,18)(H,17,19). The van der Waals surface area contributed by atoms with E-state index in [1.807, 2.05) is 0 Å². The van der Waals surface area contributed by atoms with E-state index in [1.165, 1.54) is 0 Å². The molecule has 0 saturated carbocycles. The molecule has 0 unspecified atom stereocenters. The van der Waals surface area contributed by atoms with E-state index in [1.54, 1.807) is 6.92 Å². The van der Waals surface area contributed by atoms with Crippen LogP contribution >= 0.6 is 0 Å². The largest absolute Gasteiger partial charge is 0.396 e. The van der Waals surface area contributed by atoms with Gasteiger partial charge in [-0.05, 0) is 13.0 Å². The van der Waals surface area contributed by atoms with E-state index in [0.29, 0.717) is 12.6 Å². The van der Waals surface area contributed by atoms with Crippen molar-refractivity contribution in [3.05, 3.63) is 29.3 Å². The van der Waals surface area contributed by atoms with Gasteiger partial charge in [-0.2, -0.15) is 0 Å². The molecule has 5 nitrogen and oxygen atoms in total. The van der Waals surface area contributed by atoms with Crippen LogP contribution in [0.4, 0.5) is 14.5 Å². The number of rotatable bonds is 5. The highest BCUT2D eigenvalue weighted by Crippen LogP contribution is 2.16. The van der Waals surface area contributed by atoms with Crippen LogP contribution in [0, 0.1) is 11.6 Å². The lowest BCUT2D eigenvalue weighted by molar-refractivity contribution is -0.120. The van der Waals surface area contributed by atoms with Gasteiger partial charge >= 0.3 is 0 Å². The topological polar surface area (TPSA) is 84.2 Å². The molecule has 7 heteroatoms. The van der Waals surface area contributed by atoms with E-state index < -0.39 is 17.5 Å². The lowest BCUT2D eigenvalue weighted by Gasteiger charge is -2.07. The van der Waals surface area contributed by atoms with Gasteiger partial charge in [0.1, 0.15) is 11.6 Å². The van der Waals surface area contributed by atoms with Gasteiger partial charge < -0.3 is 16.4 Å². The maximum Gasteiger partial charge on any atom is 0.254 e. The summed E-state index contributed by atoms with van der Waals surface area (Å²) in [5.41, 5.74) is 4.60. The molecule has 1 aromatic carbocycles. The normalized spacial score (nSPS) is 10.1. The average molecular weight is 271 g/mol. The van der Waals surface area contributed by atoms with Crippen molar-refractivity contribution in [2.75, 3.05) is 18.8 Å². The fourth-order valence-corrected chi connectivity index (χ4v) is 1.41. The van der Waals surface area contributed by atoms with Crippen molar-refractivity contribution in [2.45, 2.75) is 13.3 Å². The maximum atomic E-state index is 13.4. The van der Waals surface area contributed by atoms with Crippen molar-refractivity contribution in [3.8, 4) is 0 Å². The van der Waals surface area contributed by atoms with Gasteiger partial charge in [0.15, 0.2) is 0 Å². The van der Waals surface area contributed by atoms with E-state index in [4.69, 9.17) is 5.73 Å². The van der Waals surface area contributed by atoms with Crippen LogP contribution in [0.1, 0.15) is 23.7 Å². The van der Waals surface area contributed by atoms with Crippen molar-refractivity contribution < 1.29 is 18.4 Å². The molecule has 0 bridgehead atoms. The number of hydrogen-bond donors (Lipinski definition) is 3. The van der Waals surface area contributed by atoms with Crippen LogP contribution in [0.25, 0.3) is 0 Å². The second-order valence-corrected chi connectivity index (χ2v) is 3.81. The highest BCUT2D eigenvalue weighted by Gasteiger charge is 2.14. The zero-order valence-electron chi connectivity index (χ0n) is 10.4. The summed E-state index contributed by atoms with van der Waals surface area (Å²) in [7, 11) is 0. The van der Waals surface area contributed by atoms with Crippen molar-refractivity contribution >= 4 is 17.5 Å². The third kappa shape index (κ3) is 4.20. The number of carbonyl (C=O) groups is 2. The first kappa shape index (κ1) is 14.9. The third-order valence-corrected chi connectivity index (χ3v) is 2.34. The minimum atomic E-state index is -0.998. The Morgan fingerprint density at radius 3 is 2.53 bits per heavy atom. The van der Waals surface area contributed by atoms with Crippen LogP contribution in [-0.2, 0) is 4.79 Å². The highest BCUT2D eigenvalue weighted by atomic mass is 19.1. The number of nitrogen functional groups attached to an aromatic ring is 1. The highest BCUT2D eigenvalue weighted by molar-refractivity contribution is 5.95. The summed E-state index contributed by atoms with van der Waals surface area (Å²) in [6.07, 6.45) is 0.0812. The molecule has 1 rings (SSSR count). The smallest absolute Gasteiger partial charge is 0.254 e. The molecule has 2 amide bonds. The summed E-state index contributed by atoms with van der Waals surface area (Å²) in [5.74, 6) is -2.88. The molecular weight excluding hydrogens is 256 g/mol. The van der Waals surface area contributed by atoms with Gasteiger partial charge in [0, 0.05) is 25.6 Å². The van der Waals surface area contributed by atoms with Gasteiger partial charge in [-0.3, -0.25) is 9.59 Å². The van der Waals surface area contributed by atoms with E-state index in [2.05, 4.69) is 10.6 Å². The molecule has 104 valence electrons. The Bertz CT molecular complexity index is 492. The van der Waals surface area contributed by atoms with E-state index in [-0.39, 0.29) is 30.1 Å². The summed E-state index contributed by atoms with van der Waals surface area (Å²) in [6, 6.07) is 1.47. The van der Waals surface area contributed by atoms with Gasteiger partial charge in [-0.15, -0.1) is 0 Å². The number of nitrogens with one attached hydrogen (secondary N) is 2. The molecule has 0 radical (unpaired) electrons. The fourth-order valence-electron chi connectivity index (χ4n) is 1.41. The predicted molar refractivity (Wildman–Crippen MR) is 66.4 cm³/mol. The molecular formula is C12H15F2N3O2. The van der Waals surface area contributed by atoms with Gasteiger partial charge in [-0.25, -0.2) is 8.78 Å². The van der Waals surface area contributed by atoms with E-state index in [9.17, 15) is 18.4 Å². The lowest BCUT2D eigenvalue weighted by Crippen LogP contribution is -2.31. The van der Waals surface area contributed by atoms with E-state index >= 15 is 0 Å². The molecule has 0 fully saturated rings. The Morgan fingerprint density at radius 2 is 1.89 bits per heavy atom. The first-order valence-corrected chi connectivity index (χ1v) is 5.75. The number of anilines is 1. The zero-order chi connectivity index (χ0) is 14.4. The van der Waals surface area contributed by atoms with Crippen LogP contribution in [0.5, 0.6) is 0 Å². The minimum Gasteiger partial charge on any atom is -0.396 e. The number of amides is 2. The molecule has 4 N–H and O–H groups in total. The average Bonchev–Trinajstić information content (AvgIpc) is 2.34. The molecule has 0 spiro atoms. The first-order valence-electron chi connectivity index (χ1n) is 5.75. The SMILES string of the molecule is CCNC(=O)CCNC(=O)c1cc(N)c(F)cc1F. The van der Waals surface area contributed by atoms with Crippen molar-refractivity contribution in [3.63, 3.8) is 0 Å². The molecule has 0 aromatic heterocycles. The van der Waals surface area contributed by atoms with Crippen LogP contribution in [0.15, 0.2) is 12.1 Å². The van der Waals surface area contributed by atoms with Gasteiger partial charge in [0.25, 0.3) is 5.91 Å². The second kappa shape index (κ2) is 6.67. The quantitative estimate of drug-likeness (QED) is 0.693. The number of benzene rings is 1. The summed E-state index contributed by atoms with van der Waals surface area (Å²) < 4.78 is 26.3. The Morgan fingerprint density at radius 1 is 1.21 bits per heavy atom. The molecule has 0 aliphatic carbocycles. The van der Waals surface area contributed by atoms with Crippen LogP contribution < -0.4 is 16.4 Å². The number of hydrogen-bond acceptors (Lipinski definition) is 3. The van der Waals surface area contributed by atoms with Gasteiger partial charge in [-0.1, -0.05) is 0 Å². The molecule has 0 aliphatic rings. The first-order chi connectivity index (χ1) is 8.95. The minimum absolute atomic E-state index is 0.0569. The fraction of sp³-hybridized carbons (Fsp3) is 0.333. The van der Waals surface area contributed by atoms with Gasteiger partial charge in [0.2, 0.25) is 5.91 Å². The Kier molecular flexibility index (Phi) is 5.23. The summed E-state index contributed by atoms with van der Waals surface area (Å²) in [4.78, 5) is 22.7. The molecule has 1 aromatic rings. The number of halogens is 2. The Labute approximate surface area is 109 Å². The van der Waals surface area contributed by atoms with E-state index in [0.717, 1.165) is 6.07 Å². The lowest BCUT2D eigenvalue weighted by atomic mass is 10.1.